The number of amides is 1. The highest BCUT2D eigenvalue weighted by molar-refractivity contribution is 7.89. The highest BCUT2D eigenvalue weighted by Crippen LogP contribution is 2.31. The Labute approximate surface area is 187 Å². The van der Waals surface area contributed by atoms with Gasteiger partial charge in [-0.1, -0.05) is 12.5 Å². The van der Waals surface area contributed by atoms with Crippen molar-refractivity contribution in [1.29, 1.82) is 0 Å². The summed E-state index contributed by atoms with van der Waals surface area (Å²) in [5.74, 6) is 0.0166. The summed E-state index contributed by atoms with van der Waals surface area (Å²) in [4.78, 5) is 18.3. The molecule has 1 saturated heterocycles. The molecule has 1 fully saturated rings. The fourth-order valence-corrected chi connectivity index (χ4v) is 6.73. The summed E-state index contributed by atoms with van der Waals surface area (Å²) in [6, 6.07) is 4.93. The van der Waals surface area contributed by atoms with Crippen molar-refractivity contribution in [1.82, 2.24) is 9.29 Å². The van der Waals surface area contributed by atoms with E-state index in [1.54, 1.807) is 24.3 Å². The zero-order chi connectivity index (χ0) is 21.8. The molecule has 1 aromatic heterocycles. The van der Waals surface area contributed by atoms with Crippen LogP contribution in [0.3, 0.4) is 0 Å². The number of aromatic nitrogens is 1. The topological polar surface area (TPSA) is 88.6 Å². The predicted octanol–water partition coefficient (Wildman–Crippen LogP) is 3.86. The molecule has 2 aromatic rings. The van der Waals surface area contributed by atoms with Gasteiger partial charge in [0.1, 0.15) is 10.6 Å². The van der Waals surface area contributed by atoms with Crippen LogP contribution in [0.4, 0.5) is 5.13 Å². The molecule has 7 nitrogen and oxygen atoms in total. The van der Waals surface area contributed by atoms with Gasteiger partial charge in [-0.05, 0) is 62.3 Å². The van der Waals surface area contributed by atoms with Crippen molar-refractivity contribution in [3.63, 3.8) is 0 Å². The minimum absolute atomic E-state index is 0.132. The Morgan fingerprint density at radius 1 is 1.16 bits per heavy atom. The number of thiazole rings is 1. The highest BCUT2D eigenvalue weighted by Gasteiger charge is 2.29. The van der Waals surface area contributed by atoms with E-state index in [1.807, 2.05) is 0 Å². The summed E-state index contributed by atoms with van der Waals surface area (Å²) in [5.41, 5.74) is 1.71. The zero-order valence-electron chi connectivity index (χ0n) is 17.6. The number of sulfonamides is 1. The van der Waals surface area contributed by atoms with Gasteiger partial charge in [-0.2, -0.15) is 4.31 Å². The van der Waals surface area contributed by atoms with Crippen molar-refractivity contribution in [3.8, 4) is 5.75 Å². The maximum Gasteiger partial charge on any atom is 0.250 e. The van der Waals surface area contributed by atoms with E-state index in [2.05, 4.69) is 10.3 Å². The van der Waals surface area contributed by atoms with Crippen LogP contribution in [-0.4, -0.2) is 43.8 Å². The maximum absolute atomic E-state index is 13.1. The summed E-state index contributed by atoms with van der Waals surface area (Å²) in [6.07, 6.45) is 10.1. The molecule has 31 heavy (non-hydrogen) atoms. The maximum atomic E-state index is 13.1. The number of methoxy groups -OCH3 is 1. The molecule has 1 aliphatic carbocycles. The van der Waals surface area contributed by atoms with Crippen LogP contribution >= 0.6 is 11.3 Å². The Balaban J connectivity index is 1.50. The average Bonchev–Trinajstić information content (AvgIpc) is 3.20. The van der Waals surface area contributed by atoms with Gasteiger partial charge in [-0.3, -0.25) is 10.1 Å². The highest BCUT2D eigenvalue weighted by atomic mass is 32.2. The summed E-state index contributed by atoms with van der Waals surface area (Å²) in [6.45, 7) is 1.04. The second-order valence-corrected chi connectivity index (χ2v) is 10.8. The van der Waals surface area contributed by atoms with Gasteiger partial charge < -0.3 is 4.74 Å². The Morgan fingerprint density at radius 2 is 1.94 bits per heavy atom. The van der Waals surface area contributed by atoms with Crippen molar-refractivity contribution < 1.29 is 17.9 Å². The van der Waals surface area contributed by atoms with Crippen LogP contribution in [0.2, 0.25) is 0 Å². The number of ether oxygens (including phenoxy) is 1. The molecular weight excluding hydrogens is 434 g/mol. The Bertz CT molecular complexity index is 1060. The molecule has 0 saturated carbocycles. The van der Waals surface area contributed by atoms with Crippen LogP contribution in [0, 0.1) is 0 Å². The third-order valence-corrected chi connectivity index (χ3v) is 8.62. The van der Waals surface area contributed by atoms with Crippen LogP contribution in [0.1, 0.15) is 48.2 Å². The van der Waals surface area contributed by atoms with Gasteiger partial charge in [0.25, 0.3) is 0 Å². The molecule has 9 heteroatoms. The fourth-order valence-electron chi connectivity index (χ4n) is 3.97. The Kier molecular flexibility index (Phi) is 6.74. The number of carbonyl (C=O) groups excluding carboxylic acids is 1. The number of anilines is 1. The van der Waals surface area contributed by atoms with Crippen LogP contribution in [0.5, 0.6) is 5.75 Å². The number of nitrogens with zero attached hydrogens (tertiary/aromatic N) is 2. The van der Waals surface area contributed by atoms with Gasteiger partial charge in [-0.15, -0.1) is 11.3 Å². The number of rotatable bonds is 6. The monoisotopic (exact) mass is 461 g/mol. The van der Waals surface area contributed by atoms with E-state index in [0.717, 1.165) is 44.2 Å². The van der Waals surface area contributed by atoms with Crippen LogP contribution in [0.15, 0.2) is 29.2 Å². The molecule has 0 spiro atoms. The first-order valence-electron chi connectivity index (χ1n) is 10.6. The third kappa shape index (κ3) is 4.99. The van der Waals surface area contributed by atoms with E-state index in [9.17, 15) is 13.2 Å². The average molecular weight is 462 g/mol. The number of hydrogen-bond acceptors (Lipinski definition) is 6. The molecule has 1 amide bonds. The third-order valence-electron chi connectivity index (χ3n) is 5.62. The number of hydrogen-bond donors (Lipinski definition) is 1. The van der Waals surface area contributed by atoms with Crippen molar-refractivity contribution in [3.05, 3.63) is 40.4 Å². The molecule has 0 atom stereocenters. The van der Waals surface area contributed by atoms with Crippen molar-refractivity contribution in [2.75, 3.05) is 25.5 Å². The van der Waals surface area contributed by atoms with E-state index >= 15 is 0 Å². The van der Waals surface area contributed by atoms with Gasteiger partial charge in [0.05, 0.1) is 12.8 Å². The summed E-state index contributed by atoms with van der Waals surface area (Å²) >= 11 is 1.53. The number of fused-ring (bicyclic) bond motifs is 1. The lowest BCUT2D eigenvalue weighted by Gasteiger charge is -2.26. The van der Waals surface area contributed by atoms with Crippen molar-refractivity contribution in [2.24, 2.45) is 0 Å². The summed E-state index contributed by atoms with van der Waals surface area (Å²) in [7, 11) is -2.19. The van der Waals surface area contributed by atoms with Crippen LogP contribution in [0.25, 0.3) is 6.08 Å². The quantitative estimate of drug-likeness (QED) is 0.660. The van der Waals surface area contributed by atoms with Crippen LogP contribution in [-0.2, 0) is 27.7 Å². The first-order chi connectivity index (χ1) is 15.0. The summed E-state index contributed by atoms with van der Waals surface area (Å²) in [5, 5.41) is 3.43. The van der Waals surface area contributed by atoms with Gasteiger partial charge in [0.2, 0.25) is 15.9 Å². The lowest BCUT2D eigenvalue weighted by atomic mass is 10.0. The van der Waals surface area contributed by atoms with E-state index in [1.165, 1.54) is 40.1 Å². The molecule has 0 radical (unpaired) electrons. The van der Waals surface area contributed by atoms with Gasteiger partial charge >= 0.3 is 0 Å². The molecule has 2 aliphatic rings. The summed E-state index contributed by atoms with van der Waals surface area (Å²) < 4.78 is 33.1. The Hall–Kier alpha value is -2.23. The minimum atomic E-state index is -3.65. The molecule has 166 valence electrons. The first kappa shape index (κ1) is 22.0. The van der Waals surface area contributed by atoms with Crippen molar-refractivity contribution in [2.45, 2.75) is 49.8 Å². The Morgan fingerprint density at radius 3 is 2.68 bits per heavy atom. The predicted molar refractivity (Wildman–Crippen MR) is 122 cm³/mol. The molecule has 1 aliphatic heterocycles. The molecular formula is C22H27N3O4S2. The van der Waals surface area contributed by atoms with E-state index < -0.39 is 10.0 Å². The van der Waals surface area contributed by atoms with Gasteiger partial charge in [0, 0.05) is 24.0 Å². The number of aryl methyl sites for hydroxylation is 2. The second kappa shape index (κ2) is 9.50. The zero-order valence-corrected chi connectivity index (χ0v) is 19.2. The van der Waals surface area contributed by atoms with E-state index in [0.29, 0.717) is 29.5 Å². The first-order valence-corrected chi connectivity index (χ1v) is 12.9. The molecule has 2 heterocycles. The number of carbonyl (C=O) groups is 1. The molecule has 0 unspecified atom stereocenters. The van der Waals surface area contributed by atoms with E-state index in [4.69, 9.17) is 4.74 Å². The van der Waals surface area contributed by atoms with Gasteiger partial charge in [0.15, 0.2) is 5.13 Å². The molecule has 1 N–H and O–H groups in total. The minimum Gasteiger partial charge on any atom is -0.495 e. The van der Waals surface area contributed by atoms with Gasteiger partial charge in [-0.25, -0.2) is 13.4 Å². The second-order valence-electron chi connectivity index (χ2n) is 7.79. The standard InChI is InChI=1S/C22H27N3O4S2/c1-29-18-11-9-16(15-20(18)31(27,28)25-13-5-2-6-14-25)10-12-21(26)24-22-23-17-7-3-4-8-19(17)30-22/h9-12,15H,2-8,13-14H2,1H3,(H,23,24,26). The molecule has 4 rings (SSSR count). The lowest BCUT2D eigenvalue weighted by molar-refractivity contribution is -0.111. The molecule has 1 aromatic carbocycles. The number of benzene rings is 1. The van der Waals surface area contributed by atoms with Crippen LogP contribution < -0.4 is 10.1 Å². The molecule has 0 bridgehead atoms. The van der Waals surface area contributed by atoms with E-state index in [-0.39, 0.29) is 10.8 Å². The smallest absolute Gasteiger partial charge is 0.250 e. The fraction of sp³-hybridized carbons (Fsp3) is 0.455. The SMILES string of the molecule is COc1ccc(C=CC(=O)Nc2nc3c(s2)CCCC3)cc1S(=O)(=O)N1CCCCC1. The van der Waals surface area contributed by atoms with Crippen molar-refractivity contribution >= 4 is 38.5 Å². The lowest BCUT2D eigenvalue weighted by Crippen LogP contribution is -2.35. The number of piperidine rings is 1. The number of nitrogens with one attached hydrogen (secondary N) is 1. The normalized spacial score (nSPS) is 17.5. The largest absolute Gasteiger partial charge is 0.495 e.